The molecule has 35 heavy (non-hydrogen) atoms. The van der Waals surface area contributed by atoms with Gasteiger partial charge in [-0.25, -0.2) is 5.43 Å². The van der Waals surface area contributed by atoms with Gasteiger partial charge in [0.05, 0.1) is 11.4 Å². The summed E-state index contributed by atoms with van der Waals surface area (Å²) in [4.78, 5) is 17.5. The number of hydrogen-bond acceptors (Lipinski definition) is 8. The zero-order valence-electron chi connectivity index (χ0n) is 18.7. The molecule has 0 aliphatic rings. The standard InChI is InChI=1S/C25H20N6OS3/c1-17-10-12-18(13-11-17)21-15-33-24(31(21)19-7-3-2-4-8-19)29-27-22(32)16-34-25-30-28-23(35-25)20-9-5-6-14-26-20/h2-15H,16H2,1H3,(H,27,32)/b29-24+. The fraction of sp³-hybridized carbons (Fsp3) is 0.0800. The number of nitrogens with one attached hydrogen (secondary N) is 1. The Kier molecular flexibility index (Phi) is 7.12. The van der Waals surface area contributed by atoms with Crippen LogP contribution in [-0.4, -0.2) is 31.4 Å². The predicted octanol–water partition coefficient (Wildman–Crippen LogP) is 5.15. The lowest BCUT2D eigenvalue weighted by atomic mass is 10.1. The van der Waals surface area contributed by atoms with E-state index in [2.05, 4.69) is 62.3 Å². The normalized spacial score (nSPS) is 11.5. The van der Waals surface area contributed by atoms with Gasteiger partial charge in [-0.05, 0) is 36.8 Å². The van der Waals surface area contributed by atoms with Crippen LogP contribution in [0.2, 0.25) is 0 Å². The molecule has 174 valence electrons. The van der Waals surface area contributed by atoms with Gasteiger partial charge in [0, 0.05) is 17.3 Å². The summed E-state index contributed by atoms with van der Waals surface area (Å²) in [7, 11) is 0. The Balaban J connectivity index is 1.33. The van der Waals surface area contributed by atoms with Crippen LogP contribution >= 0.6 is 34.4 Å². The van der Waals surface area contributed by atoms with Crippen molar-refractivity contribution in [1.29, 1.82) is 0 Å². The maximum absolute atomic E-state index is 12.5. The third-order valence-electron chi connectivity index (χ3n) is 4.96. The maximum atomic E-state index is 12.5. The number of amides is 1. The highest BCUT2D eigenvalue weighted by atomic mass is 32.2. The Bertz CT molecular complexity index is 1490. The van der Waals surface area contributed by atoms with Crippen LogP contribution in [0.25, 0.3) is 27.6 Å². The summed E-state index contributed by atoms with van der Waals surface area (Å²) in [5.41, 5.74) is 7.73. The summed E-state index contributed by atoms with van der Waals surface area (Å²) < 4.78 is 2.75. The lowest BCUT2D eigenvalue weighted by Gasteiger charge is -2.09. The number of carbonyl (C=O) groups excluding carboxylic acids is 1. The molecule has 5 rings (SSSR count). The zero-order valence-corrected chi connectivity index (χ0v) is 21.1. The van der Waals surface area contributed by atoms with Crippen molar-refractivity contribution in [3.8, 4) is 27.6 Å². The van der Waals surface area contributed by atoms with Crippen molar-refractivity contribution < 1.29 is 4.79 Å². The Hall–Kier alpha value is -3.60. The quantitative estimate of drug-likeness (QED) is 0.239. The monoisotopic (exact) mass is 516 g/mol. The smallest absolute Gasteiger partial charge is 0.250 e. The fourth-order valence-electron chi connectivity index (χ4n) is 3.27. The summed E-state index contributed by atoms with van der Waals surface area (Å²) in [6, 6.07) is 24.0. The first-order chi connectivity index (χ1) is 17.2. The van der Waals surface area contributed by atoms with E-state index in [9.17, 15) is 4.79 Å². The second kappa shape index (κ2) is 10.8. The van der Waals surface area contributed by atoms with E-state index in [-0.39, 0.29) is 11.7 Å². The molecule has 0 bridgehead atoms. The van der Waals surface area contributed by atoms with E-state index in [0.29, 0.717) is 9.14 Å². The van der Waals surface area contributed by atoms with Gasteiger partial charge in [0.1, 0.15) is 5.69 Å². The number of carbonyl (C=O) groups is 1. The maximum Gasteiger partial charge on any atom is 0.250 e. The fourth-order valence-corrected chi connectivity index (χ4v) is 5.76. The van der Waals surface area contributed by atoms with Gasteiger partial charge in [0.25, 0.3) is 5.91 Å². The van der Waals surface area contributed by atoms with E-state index in [0.717, 1.165) is 27.6 Å². The number of rotatable bonds is 7. The molecule has 2 aromatic carbocycles. The van der Waals surface area contributed by atoms with Crippen LogP contribution < -0.4 is 10.2 Å². The number of thiazole rings is 1. The first-order valence-electron chi connectivity index (χ1n) is 10.7. The largest absolute Gasteiger partial charge is 0.284 e. The van der Waals surface area contributed by atoms with Gasteiger partial charge in [-0.3, -0.25) is 14.3 Å². The minimum absolute atomic E-state index is 0.182. The predicted molar refractivity (Wildman–Crippen MR) is 141 cm³/mol. The van der Waals surface area contributed by atoms with Crippen molar-refractivity contribution in [2.24, 2.45) is 5.10 Å². The minimum Gasteiger partial charge on any atom is -0.284 e. The number of benzene rings is 2. The van der Waals surface area contributed by atoms with Crippen molar-refractivity contribution in [3.05, 3.63) is 94.7 Å². The van der Waals surface area contributed by atoms with Crippen LogP contribution in [0.1, 0.15) is 5.56 Å². The molecule has 0 spiro atoms. The van der Waals surface area contributed by atoms with Crippen LogP contribution in [0, 0.1) is 6.92 Å². The summed E-state index contributed by atoms with van der Waals surface area (Å²) in [5.74, 6) is -0.0310. The molecule has 0 saturated heterocycles. The van der Waals surface area contributed by atoms with Crippen molar-refractivity contribution in [3.63, 3.8) is 0 Å². The molecule has 1 amide bonds. The molecule has 0 aliphatic carbocycles. The summed E-state index contributed by atoms with van der Waals surface area (Å²) in [6.45, 7) is 2.07. The Morgan fingerprint density at radius 2 is 1.83 bits per heavy atom. The average molecular weight is 517 g/mol. The Morgan fingerprint density at radius 1 is 1.03 bits per heavy atom. The van der Waals surface area contributed by atoms with Crippen LogP contribution in [-0.2, 0) is 4.79 Å². The molecule has 1 N–H and O–H groups in total. The van der Waals surface area contributed by atoms with Crippen LogP contribution in [0.15, 0.2) is 93.8 Å². The van der Waals surface area contributed by atoms with E-state index in [1.165, 1.54) is 40.0 Å². The topological polar surface area (TPSA) is 85.1 Å². The van der Waals surface area contributed by atoms with Crippen molar-refractivity contribution >= 4 is 40.3 Å². The third-order valence-corrected chi connectivity index (χ3v) is 7.87. The molecule has 0 atom stereocenters. The van der Waals surface area contributed by atoms with Crippen molar-refractivity contribution in [1.82, 2.24) is 25.2 Å². The molecule has 0 radical (unpaired) electrons. The summed E-state index contributed by atoms with van der Waals surface area (Å²) in [6.07, 6.45) is 1.72. The molecule has 5 aromatic rings. The molecule has 7 nitrogen and oxygen atoms in total. The van der Waals surface area contributed by atoms with Gasteiger partial charge in [0.2, 0.25) is 4.80 Å². The van der Waals surface area contributed by atoms with Gasteiger partial charge in [-0.1, -0.05) is 77.2 Å². The second-order valence-corrected chi connectivity index (χ2v) is 10.5. The molecular formula is C25H20N6OS3. The lowest BCUT2D eigenvalue weighted by Crippen LogP contribution is -2.25. The van der Waals surface area contributed by atoms with E-state index >= 15 is 0 Å². The van der Waals surface area contributed by atoms with Gasteiger partial charge in [-0.2, -0.15) is 0 Å². The number of pyridine rings is 1. The summed E-state index contributed by atoms with van der Waals surface area (Å²) >= 11 is 4.21. The van der Waals surface area contributed by atoms with E-state index in [4.69, 9.17) is 0 Å². The molecular weight excluding hydrogens is 497 g/mol. The molecule has 3 heterocycles. The summed E-state index contributed by atoms with van der Waals surface area (Å²) in [5, 5.41) is 15.5. The van der Waals surface area contributed by atoms with Crippen LogP contribution in [0.5, 0.6) is 0 Å². The minimum atomic E-state index is -0.213. The van der Waals surface area contributed by atoms with Gasteiger partial charge >= 0.3 is 0 Å². The van der Waals surface area contributed by atoms with Crippen molar-refractivity contribution in [2.75, 3.05) is 5.75 Å². The highest BCUT2D eigenvalue weighted by Gasteiger charge is 2.12. The first-order valence-corrected chi connectivity index (χ1v) is 13.4. The highest BCUT2D eigenvalue weighted by molar-refractivity contribution is 8.01. The molecule has 0 unspecified atom stereocenters. The molecule has 0 aliphatic heterocycles. The number of hydrogen-bond donors (Lipinski definition) is 1. The molecule has 0 fully saturated rings. The Labute approximate surface area is 214 Å². The molecule has 10 heteroatoms. The molecule has 3 aromatic heterocycles. The van der Waals surface area contributed by atoms with Crippen LogP contribution in [0.3, 0.4) is 0 Å². The SMILES string of the molecule is Cc1ccc(-c2cs/c(=N/NC(=O)CSc3nnc(-c4ccccn4)s3)n2-c2ccccc2)cc1. The van der Waals surface area contributed by atoms with E-state index < -0.39 is 0 Å². The number of aryl methyl sites for hydroxylation is 1. The Morgan fingerprint density at radius 3 is 2.60 bits per heavy atom. The molecule has 0 saturated carbocycles. The highest BCUT2D eigenvalue weighted by Crippen LogP contribution is 2.28. The van der Waals surface area contributed by atoms with Gasteiger partial charge < -0.3 is 0 Å². The van der Waals surface area contributed by atoms with E-state index in [1.807, 2.05) is 53.1 Å². The van der Waals surface area contributed by atoms with Crippen molar-refractivity contribution in [2.45, 2.75) is 11.3 Å². The number of nitrogens with zero attached hydrogens (tertiary/aromatic N) is 5. The zero-order chi connectivity index (χ0) is 24.0. The number of para-hydroxylation sites is 1. The lowest BCUT2D eigenvalue weighted by molar-refractivity contribution is -0.118. The second-order valence-electron chi connectivity index (χ2n) is 7.46. The first kappa shape index (κ1) is 23.2. The number of thioether (sulfide) groups is 1. The average Bonchev–Trinajstić information content (AvgIpc) is 3.55. The van der Waals surface area contributed by atoms with Crippen LogP contribution in [0.4, 0.5) is 0 Å². The van der Waals surface area contributed by atoms with Gasteiger partial charge in [0.15, 0.2) is 9.35 Å². The van der Waals surface area contributed by atoms with E-state index in [1.54, 1.807) is 6.20 Å². The van der Waals surface area contributed by atoms with Gasteiger partial charge in [-0.15, -0.1) is 26.6 Å². The number of aromatic nitrogens is 4. The third kappa shape index (κ3) is 5.56.